The van der Waals surface area contributed by atoms with Crippen molar-refractivity contribution in [2.45, 2.75) is 26.0 Å². The molecule has 4 heteroatoms. The van der Waals surface area contributed by atoms with Crippen LogP contribution in [0.4, 0.5) is 0 Å². The standard InChI is InChI=1S/C11H17NO3/c1-3-15-8-4-5-10(13)9(6-8)11(14)7(2)12/h4-7,11,13-14H,3,12H2,1-2H3. The zero-order chi connectivity index (χ0) is 11.4. The molecule has 0 saturated heterocycles. The molecule has 0 aliphatic heterocycles. The largest absolute Gasteiger partial charge is 0.508 e. The van der Waals surface area contributed by atoms with E-state index in [1.807, 2.05) is 6.92 Å². The van der Waals surface area contributed by atoms with E-state index in [0.29, 0.717) is 17.9 Å². The second-order valence-corrected chi connectivity index (χ2v) is 3.46. The van der Waals surface area contributed by atoms with Gasteiger partial charge in [0.05, 0.1) is 12.7 Å². The molecule has 0 aliphatic carbocycles. The van der Waals surface area contributed by atoms with Crippen molar-refractivity contribution in [2.75, 3.05) is 6.61 Å². The van der Waals surface area contributed by atoms with Gasteiger partial charge in [-0.15, -0.1) is 0 Å². The molecule has 1 aromatic rings. The van der Waals surface area contributed by atoms with Gasteiger partial charge < -0.3 is 20.7 Å². The van der Waals surface area contributed by atoms with Crippen molar-refractivity contribution < 1.29 is 14.9 Å². The minimum Gasteiger partial charge on any atom is -0.508 e. The SMILES string of the molecule is CCOc1ccc(O)c(C(O)C(C)N)c1. The van der Waals surface area contributed by atoms with Gasteiger partial charge >= 0.3 is 0 Å². The third-order valence-corrected chi connectivity index (χ3v) is 2.13. The highest BCUT2D eigenvalue weighted by atomic mass is 16.5. The quantitative estimate of drug-likeness (QED) is 0.698. The average molecular weight is 211 g/mol. The number of aliphatic hydroxyl groups excluding tert-OH is 1. The Morgan fingerprint density at radius 1 is 1.47 bits per heavy atom. The fourth-order valence-electron chi connectivity index (χ4n) is 1.31. The zero-order valence-electron chi connectivity index (χ0n) is 8.97. The summed E-state index contributed by atoms with van der Waals surface area (Å²) in [6.07, 6.45) is -0.884. The minimum atomic E-state index is -0.884. The minimum absolute atomic E-state index is 0.0308. The number of rotatable bonds is 4. The Kier molecular flexibility index (Phi) is 3.94. The van der Waals surface area contributed by atoms with E-state index < -0.39 is 12.1 Å². The van der Waals surface area contributed by atoms with E-state index in [1.165, 1.54) is 6.07 Å². The molecule has 2 unspecified atom stereocenters. The van der Waals surface area contributed by atoms with Crippen LogP contribution >= 0.6 is 0 Å². The maximum atomic E-state index is 9.73. The summed E-state index contributed by atoms with van der Waals surface area (Å²) in [7, 11) is 0. The first-order valence-corrected chi connectivity index (χ1v) is 4.95. The molecule has 4 N–H and O–H groups in total. The molecule has 0 fully saturated rings. The number of nitrogens with two attached hydrogens (primary N) is 1. The molecular weight excluding hydrogens is 194 g/mol. The third-order valence-electron chi connectivity index (χ3n) is 2.13. The van der Waals surface area contributed by atoms with E-state index in [0.717, 1.165) is 0 Å². The predicted octanol–water partition coefficient (Wildman–Crippen LogP) is 1.17. The lowest BCUT2D eigenvalue weighted by atomic mass is 10.0. The first kappa shape index (κ1) is 11.8. The highest BCUT2D eigenvalue weighted by Crippen LogP contribution is 2.29. The van der Waals surface area contributed by atoms with Gasteiger partial charge in [0.25, 0.3) is 0 Å². The summed E-state index contributed by atoms with van der Waals surface area (Å²) < 4.78 is 5.27. The first-order valence-electron chi connectivity index (χ1n) is 4.95. The number of benzene rings is 1. The predicted molar refractivity (Wildman–Crippen MR) is 57.9 cm³/mol. The number of hydrogen-bond donors (Lipinski definition) is 3. The normalized spacial score (nSPS) is 14.7. The molecule has 4 nitrogen and oxygen atoms in total. The number of phenolic OH excluding ortho intramolecular Hbond substituents is 1. The molecule has 0 heterocycles. The van der Waals surface area contributed by atoms with Crippen molar-refractivity contribution in [3.63, 3.8) is 0 Å². The van der Waals surface area contributed by atoms with E-state index in [2.05, 4.69) is 0 Å². The van der Waals surface area contributed by atoms with Gasteiger partial charge in [0, 0.05) is 11.6 Å². The summed E-state index contributed by atoms with van der Waals surface area (Å²) in [5.74, 6) is 0.647. The molecule has 1 aromatic carbocycles. The number of hydrogen-bond acceptors (Lipinski definition) is 4. The molecule has 0 bridgehead atoms. The van der Waals surface area contributed by atoms with Crippen LogP contribution < -0.4 is 10.5 Å². The summed E-state index contributed by atoms with van der Waals surface area (Å²) >= 11 is 0. The summed E-state index contributed by atoms with van der Waals surface area (Å²) in [6.45, 7) is 4.09. The lowest BCUT2D eigenvalue weighted by molar-refractivity contribution is 0.149. The van der Waals surface area contributed by atoms with Gasteiger partial charge in [-0.05, 0) is 32.0 Å². The molecule has 0 aromatic heterocycles. The van der Waals surface area contributed by atoms with Crippen LogP contribution in [0.1, 0.15) is 25.5 Å². The molecule has 0 saturated carbocycles. The highest BCUT2D eigenvalue weighted by Gasteiger charge is 2.17. The van der Waals surface area contributed by atoms with E-state index >= 15 is 0 Å². The van der Waals surface area contributed by atoms with Crippen LogP contribution in [-0.2, 0) is 0 Å². The van der Waals surface area contributed by atoms with Crippen LogP contribution in [0.15, 0.2) is 18.2 Å². The Labute approximate surface area is 89.3 Å². The lowest BCUT2D eigenvalue weighted by Crippen LogP contribution is -2.24. The van der Waals surface area contributed by atoms with E-state index in [4.69, 9.17) is 10.5 Å². The topological polar surface area (TPSA) is 75.7 Å². The van der Waals surface area contributed by atoms with Crippen LogP contribution in [0.3, 0.4) is 0 Å². The Morgan fingerprint density at radius 3 is 2.67 bits per heavy atom. The van der Waals surface area contributed by atoms with E-state index in [-0.39, 0.29) is 5.75 Å². The van der Waals surface area contributed by atoms with Gasteiger partial charge in [-0.3, -0.25) is 0 Å². The Balaban J connectivity index is 2.99. The van der Waals surface area contributed by atoms with Gasteiger partial charge in [-0.1, -0.05) is 0 Å². The molecular formula is C11H17NO3. The van der Waals surface area contributed by atoms with Crippen LogP contribution in [0.25, 0.3) is 0 Å². The molecule has 0 spiro atoms. The second kappa shape index (κ2) is 5.00. The summed E-state index contributed by atoms with van der Waals surface area (Å²) in [5, 5.41) is 19.3. The highest BCUT2D eigenvalue weighted by molar-refractivity contribution is 5.41. The average Bonchev–Trinajstić information content (AvgIpc) is 2.20. The lowest BCUT2D eigenvalue weighted by Gasteiger charge is -2.17. The molecule has 84 valence electrons. The zero-order valence-corrected chi connectivity index (χ0v) is 8.97. The smallest absolute Gasteiger partial charge is 0.121 e. The molecule has 15 heavy (non-hydrogen) atoms. The van der Waals surface area contributed by atoms with Gasteiger partial charge in [0.1, 0.15) is 11.5 Å². The third kappa shape index (κ3) is 2.84. The maximum absolute atomic E-state index is 9.73. The van der Waals surface area contributed by atoms with Crippen molar-refractivity contribution in [1.29, 1.82) is 0 Å². The second-order valence-electron chi connectivity index (χ2n) is 3.46. The van der Waals surface area contributed by atoms with Crippen LogP contribution in [0.2, 0.25) is 0 Å². The first-order chi connectivity index (χ1) is 7.06. The van der Waals surface area contributed by atoms with Gasteiger partial charge in [0.2, 0.25) is 0 Å². The van der Waals surface area contributed by atoms with Crippen LogP contribution in [0, 0.1) is 0 Å². The van der Waals surface area contributed by atoms with Crippen molar-refractivity contribution in [3.8, 4) is 11.5 Å². The molecule has 0 aliphatic rings. The van der Waals surface area contributed by atoms with E-state index in [1.54, 1.807) is 19.1 Å². The number of aliphatic hydroxyl groups is 1. The fraction of sp³-hybridized carbons (Fsp3) is 0.455. The Hall–Kier alpha value is -1.26. The van der Waals surface area contributed by atoms with Crippen molar-refractivity contribution in [3.05, 3.63) is 23.8 Å². The number of phenols is 1. The molecule has 0 radical (unpaired) electrons. The van der Waals surface area contributed by atoms with E-state index in [9.17, 15) is 10.2 Å². The number of ether oxygens (including phenoxy) is 1. The summed E-state index contributed by atoms with van der Waals surface area (Å²) in [5.41, 5.74) is 5.96. The Morgan fingerprint density at radius 2 is 2.13 bits per heavy atom. The van der Waals surface area contributed by atoms with Gasteiger partial charge in [-0.2, -0.15) is 0 Å². The fourth-order valence-corrected chi connectivity index (χ4v) is 1.31. The van der Waals surface area contributed by atoms with Crippen molar-refractivity contribution in [1.82, 2.24) is 0 Å². The van der Waals surface area contributed by atoms with Crippen molar-refractivity contribution >= 4 is 0 Å². The Bertz CT molecular complexity index is 326. The number of aromatic hydroxyl groups is 1. The summed E-state index contributed by atoms with van der Waals surface area (Å²) in [6, 6.07) is 4.31. The molecule has 1 rings (SSSR count). The maximum Gasteiger partial charge on any atom is 0.121 e. The molecule has 0 amide bonds. The van der Waals surface area contributed by atoms with Crippen LogP contribution in [-0.4, -0.2) is 22.9 Å². The van der Waals surface area contributed by atoms with Crippen molar-refractivity contribution in [2.24, 2.45) is 5.73 Å². The molecule has 2 atom stereocenters. The van der Waals surface area contributed by atoms with Gasteiger partial charge in [0.15, 0.2) is 0 Å². The monoisotopic (exact) mass is 211 g/mol. The summed E-state index contributed by atoms with van der Waals surface area (Å²) in [4.78, 5) is 0. The van der Waals surface area contributed by atoms with Crippen LogP contribution in [0.5, 0.6) is 11.5 Å². The van der Waals surface area contributed by atoms with Gasteiger partial charge in [-0.25, -0.2) is 0 Å².